The van der Waals surface area contributed by atoms with Gasteiger partial charge in [0, 0.05) is 24.8 Å². The van der Waals surface area contributed by atoms with E-state index >= 15 is 0 Å². The number of rotatable bonds is 3. The zero-order valence-electron chi connectivity index (χ0n) is 11.8. The number of anilines is 1. The lowest BCUT2D eigenvalue weighted by Crippen LogP contribution is -2.24. The predicted molar refractivity (Wildman–Crippen MR) is 74.7 cm³/mol. The second kappa shape index (κ2) is 5.79. The Kier molecular flexibility index (Phi) is 4.08. The van der Waals surface area contributed by atoms with E-state index in [1.54, 1.807) is 6.07 Å². The fourth-order valence-corrected chi connectivity index (χ4v) is 2.61. The maximum atomic E-state index is 11.7. The molecule has 1 saturated heterocycles. The molecule has 0 radical (unpaired) electrons. The Balaban J connectivity index is 2.26. The molecule has 1 aromatic carbocycles. The average Bonchev–Trinajstić information content (AvgIpc) is 2.87. The maximum Gasteiger partial charge on any atom is 0.310 e. The quantitative estimate of drug-likeness (QED) is 0.477. The summed E-state index contributed by atoms with van der Waals surface area (Å²) in [4.78, 5) is 23.9. The van der Waals surface area contributed by atoms with Crippen LogP contribution in [0.1, 0.15) is 12.5 Å². The smallest absolute Gasteiger partial charge is 0.310 e. The van der Waals surface area contributed by atoms with Gasteiger partial charge in [-0.2, -0.15) is 5.26 Å². The largest absolute Gasteiger partial charge is 0.469 e. The van der Waals surface area contributed by atoms with E-state index < -0.39 is 4.92 Å². The van der Waals surface area contributed by atoms with Gasteiger partial charge in [-0.25, -0.2) is 0 Å². The second-order valence-corrected chi connectivity index (χ2v) is 5.08. The molecule has 1 heterocycles. The molecule has 21 heavy (non-hydrogen) atoms. The predicted octanol–water partition coefficient (Wildman–Crippen LogP) is 1.71. The molecule has 7 nitrogen and oxygen atoms in total. The Morgan fingerprint density at radius 2 is 2.24 bits per heavy atom. The van der Waals surface area contributed by atoms with Crippen LogP contribution in [0.25, 0.3) is 0 Å². The molecule has 0 saturated carbocycles. The summed E-state index contributed by atoms with van der Waals surface area (Å²) >= 11 is 0. The van der Waals surface area contributed by atoms with Crippen LogP contribution in [0.2, 0.25) is 0 Å². The van der Waals surface area contributed by atoms with Crippen molar-refractivity contribution in [3.05, 3.63) is 33.9 Å². The van der Waals surface area contributed by atoms with Crippen LogP contribution in [0, 0.1) is 33.3 Å². The van der Waals surface area contributed by atoms with Crippen molar-refractivity contribution in [1.82, 2.24) is 0 Å². The first-order valence-electron chi connectivity index (χ1n) is 6.49. The topological polar surface area (TPSA) is 96.5 Å². The Bertz CT molecular complexity index is 623. The average molecular weight is 289 g/mol. The molecular weight excluding hydrogens is 274 g/mol. The van der Waals surface area contributed by atoms with Gasteiger partial charge in [-0.3, -0.25) is 14.9 Å². The first-order valence-corrected chi connectivity index (χ1v) is 6.49. The number of nitro benzene ring substituents is 1. The fraction of sp³-hybridized carbons (Fsp3) is 0.429. The number of carbonyl (C=O) groups is 1. The van der Waals surface area contributed by atoms with Gasteiger partial charge in [0.15, 0.2) is 0 Å². The summed E-state index contributed by atoms with van der Waals surface area (Å²) in [5.74, 6) is -0.360. The Morgan fingerprint density at radius 3 is 2.81 bits per heavy atom. The number of hydrogen-bond acceptors (Lipinski definition) is 6. The minimum atomic E-state index is -0.577. The van der Waals surface area contributed by atoms with Gasteiger partial charge in [-0.05, 0) is 18.1 Å². The molecule has 1 aliphatic rings. The lowest BCUT2D eigenvalue weighted by atomic mass is 9.99. The van der Waals surface area contributed by atoms with E-state index in [0.717, 1.165) is 0 Å². The highest BCUT2D eigenvalue weighted by Crippen LogP contribution is 2.31. The Morgan fingerprint density at radius 1 is 1.52 bits per heavy atom. The maximum absolute atomic E-state index is 11.7. The molecule has 2 rings (SSSR count). The van der Waals surface area contributed by atoms with Crippen LogP contribution < -0.4 is 4.90 Å². The molecule has 0 bridgehead atoms. The fourth-order valence-electron chi connectivity index (χ4n) is 2.61. The summed E-state index contributed by atoms with van der Waals surface area (Å²) in [7, 11) is 1.36. The van der Waals surface area contributed by atoms with Crippen molar-refractivity contribution < 1.29 is 14.5 Å². The van der Waals surface area contributed by atoms with Crippen LogP contribution in [0.4, 0.5) is 11.4 Å². The molecule has 2 atom stereocenters. The molecule has 2 unspecified atom stereocenters. The number of nitro groups is 1. The number of benzene rings is 1. The second-order valence-electron chi connectivity index (χ2n) is 5.08. The lowest BCUT2D eigenvalue weighted by Gasteiger charge is -2.18. The van der Waals surface area contributed by atoms with Gasteiger partial charge >= 0.3 is 5.97 Å². The minimum absolute atomic E-state index is 0.0201. The number of esters is 1. The molecular formula is C14H15N3O4. The molecule has 1 aromatic rings. The molecule has 110 valence electrons. The third-order valence-electron chi connectivity index (χ3n) is 3.78. The minimum Gasteiger partial charge on any atom is -0.469 e. The first-order chi connectivity index (χ1) is 9.97. The lowest BCUT2D eigenvalue weighted by molar-refractivity contribution is -0.385. The highest BCUT2D eigenvalue weighted by molar-refractivity contribution is 5.75. The molecule has 0 spiro atoms. The normalized spacial score (nSPS) is 20.9. The summed E-state index contributed by atoms with van der Waals surface area (Å²) in [5.41, 5.74) is 0.514. The third-order valence-corrected chi connectivity index (χ3v) is 3.78. The van der Waals surface area contributed by atoms with E-state index in [2.05, 4.69) is 0 Å². The Labute approximate surface area is 121 Å². The van der Waals surface area contributed by atoms with Gasteiger partial charge in [-0.1, -0.05) is 6.92 Å². The van der Waals surface area contributed by atoms with E-state index in [4.69, 9.17) is 10.00 Å². The van der Waals surface area contributed by atoms with Gasteiger partial charge in [0.05, 0.1) is 18.0 Å². The van der Waals surface area contributed by atoms with Crippen molar-refractivity contribution in [2.75, 3.05) is 25.1 Å². The summed E-state index contributed by atoms with van der Waals surface area (Å²) in [6, 6.07) is 6.25. The van der Waals surface area contributed by atoms with Crippen molar-refractivity contribution >= 4 is 17.3 Å². The van der Waals surface area contributed by atoms with Crippen LogP contribution in [-0.4, -0.2) is 31.1 Å². The van der Waals surface area contributed by atoms with Crippen LogP contribution in [-0.2, 0) is 9.53 Å². The van der Waals surface area contributed by atoms with Gasteiger partial charge in [0.2, 0.25) is 0 Å². The van der Waals surface area contributed by atoms with E-state index in [1.807, 2.05) is 17.9 Å². The van der Waals surface area contributed by atoms with Crippen LogP contribution in [0.3, 0.4) is 0 Å². The number of methoxy groups -OCH3 is 1. The Hall–Kier alpha value is -2.62. The monoisotopic (exact) mass is 289 g/mol. The number of ether oxygens (including phenoxy) is 1. The summed E-state index contributed by atoms with van der Waals surface area (Å²) < 4.78 is 4.78. The van der Waals surface area contributed by atoms with Crippen molar-refractivity contribution in [3.63, 3.8) is 0 Å². The first kappa shape index (κ1) is 14.8. The molecule has 0 aliphatic carbocycles. The highest BCUT2D eigenvalue weighted by Gasteiger charge is 2.36. The van der Waals surface area contributed by atoms with Crippen LogP contribution in [0.15, 0.2) is 18.2 Å². The van der Waals surface area contributed by atoms with E-state index in [-0.39, 0.29) is 29.1 Å². The summed E-state index contributed by atoms with van der Waals surface area (Å²) in [5, 5.41) is 19.8. The zero-order valence-corrected chi connectivity index (χ0v) is 11.8. The van der Waals surface area contributed by atoms with Crippen LogP contribution >= 0.6 is 0 Å². The van der Waals surface area contributed by atoms with Gasteiger partial charge in [0.1, 0.15) is 11.6 Å². The number of nitriles is 1. The number of carbonyl (C=O) groups excluding carboxylic acids is 1. The van der Waals surface area contributed by atoms with Gasteiger partial charge in [-0.15, -0.1) is 0 Å². The summed E-state index contributed by atoms with van der Waals surface area (Å²) in [6.07, 6.45) is 0. The van der Waals surface area contributed by atoms with Crippen molar-refractivity contribution in [3.8, 4) is 6.07 Å². The van der Waals surface area contributed by atoms with E-state index in [1.165, 1.54) is 19.2 Å². The van der Waals surface area contributed by atoms with E-state index in [9.17, 15) is 14.9 Å². The molecule has 1 aliphatic heterocycles. The van der Waals surface area contributed by atoms with Crippen molar-refractivity contribution in [2.24, 2.45) is 11.8 Å². The zero-order chi connectivity index (χ0) is 15.6. The molecule has 0 aromatic heterocycles. The highest BCUT2D eigenvalue weighted by atomic mass is 16.6. The SMILES string of the molecule is COC(=O)C1CN(c2ccc([N+](=O)[O-])c(C#N)c2)CC1C. The summed E-state index contributed by atoms with van der Waals surface area (Å²) in [6.45, 7) is 3.08. The molecule has 0 amide bonds. The van der Waals surface area contributed by atoms with Crippen molar-refractivity contribution in [1.29, 1.82) is 5.26 Å². The van der Waals surface area contributed by atoms with Crippen molar-refractivity contribution in [2.45, 2.75) is 6.92 Å². The number of nitrogens with zero attached hydrogens (tertiary/aromatic N) is 3. The van der Waals surface area contributed by atoms with Gasteiger partial charge in [0.25, 0.3) is 5.69 Å². The standard InChI is InChI=1S/C14H15N3O4/c1-9-7-16(8-12(9)14(18)21-2)11-3-4-13(17(19)20)10(5-11)6-15/h3-5,9,12H,7-8H2,1-2H3. The molecule has 1 fully saturated rings. The number of hydrogen-bond donors (Lipinski definition) is 0. The van der Waals surface area contributed by atoms with E-state index in [0.29, 0.717) is 18.8 Å². The molecule has 0 N–H and O–H groups in total. The third kappa shape index (κ3) is 2.79. The molecule has 7 heteroatoms. The van der Waals surface area contributed by atoms with Crippen LogP contribution in [0.5, 0.6) is 0 Å². The van der Waals surface area contributed by atoms with Gasteiger partial charge < -0.3 is 9.64 Å².